The molecule has 316 valence electrons. The summed E-state index contributed by atoms with van der Waals surface area (Å²) in [4.78, 5) is 35.2. The quantitative estimate of drug-likeness (QED) is 0.211. The second kappa shape index (κ2) is 14.9. The van der Waals surface area contributed by atoms with Crippen LogP contribution < -0.4 is 9.47 Å². The van der Waals surface area contributed by atoms with E-state index >= 15 is 4.79 Å². The summed E-state index contributed by atoms with van der Waals surface area (Å²) in [6.07, 6.45) is 13.1. The maximum atomic E-state index is 15.1. The summed E-state index contributed by atoms with van der Waals surface area (Å²) in [7, 11) is 1.52. The minimum absolute atomic E-state index is 0.00287. The van der Waals surface area contributed by atoms with Crippen molar-refractivity contribution in [3.05, 3.63) is 111 Å². The Morgan fingerprint density at radius 2 is 2.03 bits per heavy atom. The summed E-state index contributed by atoms with van der Waals surface area (Å²) in [6.45, 7) is -1.32. The van der Waals surface area contributed by atoms with Gasteiger partial charge in [0.1, 0.15) is 47.2 Å². The lowest BCUT2D eigenvalue weighted by atomic mass is 9.72. The first-order valence-corrected chi connectivity index (χ1v) is 21.3. The number of amides is 1. The molecule has 13 nitrogen and oxygen atoms in total. The number of Topliss-reactive ketones (excluding diaryl/α,β-unsaturated/α-hetero) is 1. The van der Waals surface area contributed by atoms with E-state index in [0.29, 0.717) is 34.6 Å². The number of benzene rings is 3. The number of rotatable bonds is 3. The molecule has 62 heavy (non-hydrogen) atoms. The van der Waals surface area contributed by atoms with Gasteiger partial charge in [-0.3, -0.25) is 9.59 Å². The van der Waals surface area contributed by atoms with Crippen LogP contribution in [-0.4, -0.2) is 106 Å². The van der Waals surface area contributed by atoms with E-state index in [-0.39, 0.29) is 60.4 Å². The molecule has 5 aliphatic heterocycles. The van der Waals surface area contributed by atoms with Crippen LogP contribution in [0.15, 0.2) is 70.4 Å². The highest BCUT2D eigenvalue weighted by atomic mass is 16.7. The van der Waals surface area contributed by atoms with Crippen molar-refractivity contribution in [2.75, 3.05) is 26.9 Å². The summed E-state index contributed by atoms with van der Waals surface area (Å²) >= 11 is 0. The third kappa shape index (κ3) is 5.88. The SMILES string of the molecule is COc1cc2c3c(c4c(O)c2c2c1C=CC(C1=C5[CH+]C=CC=C5N=C1)OCC1OC(O2)C(O)(CO)C(OC#CCc2cccc5c2CN(CC4=O)C5=O)C1O)C1CCCC1CC3. The number of fused-ring (bicyclic) bond motifs is 10. The Morgan fingerprint density at radius 1 is 1.15 bits per heavy atom. The Bertz CT molecular complexity index is 2680. The van der Waals surface area contributed by atoms with E-state index in [1.54, 1.807) is 30.5 Å². The number of carbonyl (C=O) groups is 2. The molecule has 0 spiro atoms. The summed E-state index contributed by atoms with van der Waals surface area (Å²) in [6, 6.07) is 7.20. The number of aryl methyl sites for hydroxylation is 1. The predicted molar refractivity (Wildman–Crippen MR) is 226 cm³/mol. The highest BCUT2D eigenvalue weighted by molar-refractivity contribution is 6.13. The van der Waals surface area contributed by atoms with Gasteiger partial charge in [0.25, 0.3) is 5.91 Å². The van der Waals surface area contributed by atoms with Crippen molar-refractivity contribution in [2.45, 2.75) is 87.3 Å². The summed E-state index contributed by atoms with van der Waals surface area (Å²) in [5.41, 5.74) is 3.97. The summed E-state index contributed by atoms with van der Waals surface area (Å²) in [5.74, 6) is 2.63. The van der Waals surface area contributed by atoms with Crippen LogP contribution in [0.4, 0.5) is 0 Å². The Labute approximate surface area is 357 Å². The molecule has 3 aliphatic carbocycles. The van der Waals surface area contributed by atoms with Crippen molar-refractivity contribution in [3.8, 4) is 29.3 Å². The molecule has 1 saturated heterocycles. The fourth-order valence-corrected chi connectivity index (χ4v) is 11.0. The average Bonchev–Trinajstić information content (AvgIpc) is 4.02. The van der Waals surface area contributed by atoms with E-state index in [4.69, 9.17) is 23.7 Å². The van der Waals surface area contributed by atoms with Gasteiger partial charge < -0.3 is 49.0 Å². The number of aliphatic hydroxyl groups is 3. The molecule has 13 heteroatoms. The van der Waals surface area contributed by atoms with Gasteiger partial charge in [-0.15, -0.1) is 0 Å². The van der Waals surface area contributed by atoms with Gasteiger partial charge in [-0.1, -0.05) is 24.5 Å². The Kier molecular flexibility index (Phi) is 9.37. The van der Waals surface area contributed by atoms with Gasteiger partial charge in [-0.2, -0.15) is 4.99 Å². The molecule has 1 saturated carbocycles. The molecule has 4 N–H and O–H groups in total. The minimum Gasteiger partial charge on any atom is -0.506 e. The Hall–Kier alpha value is -5.88. The average molecular weight is 838 g/mol. The fourth-order valence-electron chi connectivity index (χ4n) is 11.0. The lowest BCUT2D eigenvalue weighted by Gasteiger charge is -2.47. The third-order valence-electron chi connectivity index (χ3n) is 14.1. The molecule has 8 aliphatic rings. The number of phenolic OH excluding ortho intramolecular Hbond substituents is 1. The maximum Gasteiger partial charge on any atom is 0.254 e. The molecule has 8 unspecified atom stereocenters. The molecular formula is C49H45N2O11+. The molecule has 1 amide bonds. The van der Waals surface area contributed by atoms with Gasteiger partial charge in [0.15, 0.2) is 23.2 Å². The fraction of sp³-hybridized carbons (Fsp3) is 0.388. The van der Waals surface area contributed by atoms with Gasteiger partial charge in [0, 0.05) is 43.2 Å². The second-order valence-electron chi connectivity index (χ2n) is 17.3. The molecule has 0 radical (unpaired) electrons. The Balaban J connectivity index is 1.19. The van der Waals surface area contributed by atoms with Crippen molar-refractivity contribution in [2.24, 2.45) is 10.9 Å². The molecule has 3 aromatic rings. The zero-order valence-electron chi connectivity index (χ0n) is 34.0. The van der Waals surface area contributed by atoms with Crippen LogP contribution in [0.3, 0.4) is 0 Å². The summed E-state index contributed by atoms with van der Waals surface area (Å²) in [5, 5.41) is 49.2. The van der Waals surface area contributed by atoms with Gasteiger partial charge in [-0.05, 0) is 89.4 Å². The van der Waals surface area contributed by atoms with Gasteiger partial charge in [0.05, 0.1) is 55.2 Å². The third-order valence-corrected chi connectivity index (χ3v) is 14.1. The lowest BCUT2D eigenvalue weighted by Crippen LogP contribution is -2.70. The molecule has 3 aromatic carbocycles. The van der Waals surface area contributed by atoms with Crippen molar-refractivity contribution in [3.63, 3.8) is 0 Å². The van der Waals surface area contributed by atoms with Crippen LogP contribution >= 0.6 is 0 Å². The van der Waals surface area contributed by atoms with Crippen LogP contribution in [-0.2, 0) is 33.6 Å². The zero-order chi connectivity index (χ0) is 42.4. The van der Waals surface area contributed by atoms with E-state index in [1.165, 1.54) is 12.0 Å². The molecule has 8 atom stereocenters. The van der Waals surface area contributed by atoms with Crippen molar-refractivity contribution < 1.29 is 53.7 Å². The van der Waals surface area contributed by atoms with Crippen LogP contribution in [0.5, 0.6) is 17.2 Å². The van der Waals surface area contributed by atoms with Crippen molar-refractivity contribution in [1.29, 1.82) is 0 Å². The van der Waals surface area contributed by atoms with Gasteiger partial charge >= 0.3 is 0 Å². The van der Waals surface area contributed by atoms with E-state index < -0.39 is 48.7 Å². The number of allylic oxidation sites excluding steroid dienone is 4. The van der Waals surface area contributed by atoms with Crippen molar-refractivity contribution >= 4 is 34.8 Å². The van der Waals surface area contributed by atoms with E-state index in [0.717, 1.165) is 64.8 Å². The lowest BCUT2D eigenvalue weighted by molar-refractivity contribution is -0.327. The molecule has 0 aromatic heterocycles. The first-order chi connectivity index (χ1) is 30.2. The first-order valence-electron chi connectivity index (χ1n) is 21.3. The van der Waals surface area contributed by atoms with E-state index in [1.807, 2.05) is 36.8 Å². The number of carbonyl (C=O) groups excluding carboxylic acids is 2. The zero-order valence-corrected chi connectivity index (χ0v) is 34.0. The van der Waals surface area contributed by atoms with Crippen LogP contribution in [0.25, 0.3) is 16.8 Å². The largest absolute Gasteiger partial charge is 0.506 e. The molecule has 5 heterocycles. The van der Waals surface area contributed by atoms with Gasteiger partial charge in [-0.25, -0.2) is 0 Å². The Morgan fingerprint density at radius 3 is 2.89 bits per heavy atom. The molecule has 11 rings (SSSR count). The second-order valence-corrected chi connectivity index (χ2v) is 17.3. The normalized spacial score (nSPS) is 30.5. The van der Waals surface area contributed by atoms with Crippen LogP contribution in [0.2, 0.25) is 0 Å². The maximum absolute atomic E-state index is 15.1. The highest BCUT2D eigenvalue weighted by Gasteiger charge is 2.59. The number of nitrogens with zero attached hydrogens (tertiary/aromatic N) is 2. The van der Waals surface area contributed by atoms with Crippen molar-refractivity contribution in [1.82, 2.24) is 4.90 Å². The number of aliphatic imine (C=N–C) groups is 1. The number of hydrogen-bond donors (Lipinski definition) is 4. The smallest absolute Gasteiger partial charge is 0.254 e. The molecule has 2 fully saturated rings. The van der Waals surface area contributed by atoms with Crippen LogP contribution in [0.1, 0.15) is 80.1 Å². The number of phenols is 1. The number of aromatic hydroxyl groups is 1. The van der Waals surface area contributed by atoms with E-state index in [2.05, 4.69) is 17.0 Å². The number of aliphatic hydroxyl groups excluding tert-OH is 2. The predicted octanol–water partition coefficient (Wildman–Crippen LogP) is 4.76. The van der Waals surface area contributed by atoms with Gasteiger partial charge in [0.2, 0.25) is 6.29 Å². The first kappa shape index (κ1) is 39.0. The molecule has 8 bridgehead atoms. The van der Waals surface area contributed by atoms with Crippen LogP contribution in [0, 0.1) is 24.4 Å². The standard InChI is InChI=1S/C49H44N2O11/c1-58-38-19-32-29-15-14-26-8-4-11-27(26)40(29)42-36(53)22-51-21-34-25(7-5-12-30(34)47(51)56)9-6-18-59-46-43(54)39-23-60-37(33-20-50-35-13-3-2-10-28(33)35)17-16-31(38)45(41(32)44(42)55)62-48(61-39)49(46,57)24-52/h2-3,5,7,10,12-13,16-17,19-20,26-27,37,39,43,46,48,52,54,57H,4,8-9,11,14-15,21-24H2,1H3/p+1. The van der Waals surface area contributed by atoms with E-state index in [9.17, 15) is 25.2 Å². The summed E-state index contributed by atoms with van der Waals surface area (Å²) < 4.78 is 32.0. The number of ketones is 1. The monoisotopic (exact) mass is 837 g/mol. The number of methoxy groups -OCH3 is 1. The topological polar surface area (TPSA) is 177 Å². The number of ether oxygens (including phenoxy) is 5. The number of hydrogen-bond acceptors (Lipinski definition) is 12. The minimum atomic E-state index is -2.44. The molecular weight excluding hydrogens is 793 g/mol. The highest BCUT2D eigenvalue weighted by Crippen LogP contribution is 2.55.